The van der Waals surface area contributed by atoms with Crippen LogP contribution in [-0.4, -0.2) is 49.9 Å². The Morgan fingerprint density at radius 3 is 1.83 bits per heavy atom. The minimum atomic E-state index is 0. The summed E-state index contributed by atoms with van der Waals surface area (Å²) in [6, 6.07) is 28.5. The number of aromatic amines is 3. The molecule has 3 N–H and O–H groups in total. The first-order chi connectivity index (χ1) is 28.7. The summed E-state index contributed by atoms with van der Waals surface area (Å²) in [6.45, 7) is 0. The van der Waals surface area contributed by atoms with Crippen LogP contribution < -0.4 is 0 Å². The van der Waals surface area contributed by atoms with Gasteiger partial charge in [0.15, 0.2) is 11.3 Å². The maximum absolute atomic E-state index is 9.32. The number of benzene rings is 2. The Balaban J connectivity index is 0.000000152. The molecule has 2 aliphatic carbocycles. The molecule has 0 bridgehead atoms. The van der Waals surface area contributed by atoms with E-state index in [2.05, 4.69) is 57.5 Å². The van der Waals surface area contributed by atoms with Gasteiger partial charge in [-0.25, -0.2) is 19.9 Å². The predicted molar refractivity (Wildman–Crippen MR) is 233 cm³/mol. The van der Waals surface area contributed by atoms with Crippen molar-refractivity contribution in [2.45, 2.75) is 63.8 Å². The molecule has 6 aromatic heterocycles. The molecule has 6 heterocycles. The highest BCUT2D eigenvalue weighted by Crippen LogP contribution is 2.37. The Morgan fingerprint density at radius 1 is 0.712 bits per heavy atom. The van der Waals surface area contributed by atoms with Crippen LogP contribution in [0.1, 0.15) is 63.8 Å². The van der Waals surface area contributed by atoms with Crippen molar-refractivity contribution in [1.29, 1.82) is 10.5 Å². The van der Waals surface area contributed by atoms with E-state index in [0.717, 1.165) is 56.1 Å². The molecule has 0 saturated heterocycles. The molecule has 296 valence electrons. The van der Waals surface area contributed by atoms with E-state index in [4.69, 9.17) is 5.26 Å². The van der Waals surface area contributed by atoms with Crippen LogP contribution in [0.15, 0.2) is 122 Å². The first kappa shape index (κ1) is 40.3. The molecule has 12 nitrogen and oxygen atoms in total. The molecule has 13 heteroatoms. The molecule has 0 amide bonds. The third kappa shape index (κ3) is 9.47. The SMILES string of the molecule is Cl.N#C/C=C/C1CCCC1.N#CCC(C1CCCC1)n1cc(-c2ccnc3nc(-c4ccccc4)[nH]c23)cn1.c1ccc(-c2nc3nccc(-c4cn[nH]c4)c3[nH]2)cc1. The Bertz CT molecular complexity index is 2650. The van der Waals surface area contributed by atoms with E-state index in [0.29, 0.717) is 29.6 Å². The Kier molecular flexibility index (Phi) is 13.3. The highest BCUT2D eigenvalue weighted by atomic mass is 35.5. The lowest BCUT2D eigenvalue weighted by Crippen LogP contribution is -2.17. The van der Waals surface area contributed by atoms with Gasteiger partial charge in [0, 0.05) is 64.2 Å². The van der Waals surface area contributed by atoms with Crippen molar-refractivity contribution in [3.8, 4) is 57.2 Å². The van der Waals surface area contributed by atoms with Gasteiger partial charge in [-0.15, -0.1) is 12.4 Å². The van der Waals surface area contributed by atoms with E-state index >= 15 is 0 Å². The highest BCUT2D eigenvalue weighted by Gasteiger charge is 2.27. The molecule has 2 fully saturated rings. The molecule has 2 saturated carbocycles. The van der Waals surface area contributed by atoms with Gasteiger partial charge in [0.2, 0.25) is 0 Å². The second kappa shape index (κ2) is 19.5. The molecule has 10 rings (SSSR count). The molecule has 1 atom stereocenters. The summed E-state index contributed by atoms with van der Waals surface area (Å²) >= 11 is 0. The summed E-state index contributed by atoms with van der Waals surface area (Å²) < 4.78 is 2.00. The van der Waals surface area contributed by atoms with Gasteiger partial charge >= 0.3 is 0 Å². The summed E-state index contributed by atoms with van der Waals surface area (Å²) in [6.07, 6.45) is 25.4. The van der Waals surface area contributed by atoms with Gasteiger partial charge in [-0.1, -0.05) is 92.4 Å². The number of fused-ring (bicyclic) bond motifs is 2. The zero-order valence-corrected chi connectivity index (χ0v) is 33.4. The molecule has 8 aromatic rings. The highest BCUT2D eigenvalue weighted by molar-refractivity contribution is 5.92. The second-order valence-corrected chi connectivity index (χ2v) is 14.7. The molecule has 2 aliphatic rings. The van der Waals surface area contributed by atoms with Crippen molar-refractivity contribution in [2.24, 2.45) is 11.8 Å². The van der Waals surface area contributed by atoms with Crippen LogP contribution >= 0.6 is 12.4 Å². The number of hydrogen-bond acceptors (Lipinski definition) is 8. The first-order valence-corrected chi connectivity index (χ1v) is 20.0. The number of H-pyrrole nitrogens is 3. The Labute approximate surface area is 348 Å². The van der Waals surface area contributed by atoms with Gasteiger partial charge in [-0.2, -0.15) is 20.7 Å². The van der Waals surface area contributed by atoms with E-state index in [-0.39, 0.29) is 18.4 Å². The lowest BCUT2D eigenvalue weighted by Gasteiger charge is -2.21. The Morgan fingerprint density at radius 2 is 1.29 bits per heavy atom. The lowest BCUT2D eigenvalue weighted by molar-refractivity contribution is 0.315. The fourth-order valence-electron chi connectivity index (χ4n) is 8.07. The number of pyridine rings is 2. The van der Waals surface area contributed by atoms with Crippen LogP contribution in [0.5, 0.6) is 0 Å². The molecular weight excluding hydrogens is 756 g/mol. The number of rotatable bonds is 8. The fourth-order valence-corrected chi connectivity index (χ4v) is 8.07. The van der Waals surface area contributed by atoms with Gasteiger partial charge in [-0.3, -0.25) is 9.78 Å². The predicted octanol–water partition coefficient (Wildman–Crippen LogP) is 10.8. The van der Waals surface area contributed by atoms with Crippen molar-refractivity contribution < 1.29 is 0 Å². The molecule has 1 unspecified atom stereocenters. The normalized spacial score (nSPS) is 14.5. The third-order valence-electron chi connectivity index (χ3n) is 11.0. The maximum Gasteiger partial charge on any atom is 0.178 e. The van der Waals surface area contributed by atoms with Gasteiger partial charge in [-0.05, 0) is 49.7 Å². The first-order valence-electron chi connectivity index (χ1n) is 20.0. The van der Waals surface area contributed by atoms with Crippen molar-refractivity contribution in [3.05, 3.63) is 122 Å². The number of nitrogens with zero attached hydrogens (tertiary/aromatic N) is 9. The maximum atomic E-state index is 9.32. The smallest absolute Gasteiger partial charge is 0.178 e. The van der Waals surface area contributed by atoms with Gasteiger partial charge in [0.25, 0.3) is 0 Å². The fraction of sp³-hybridized carbons (Fsp3) is 0.261. The number of hydrogen-bond donors (Lipinski definition) is 3. The van der Waals surface area contributed by atoms with E-state index in [1.807, 2.05) is 102 Å². The standard InChI is InChI=1S/C23H22N6.C15H11N5.C8H11N.ClH/c24-12-10-20(16-6-4-5-7-16)29-15-18(14-26-29)19-11-13-25-23-21(19)27-22(28-23)17-8-2-1-3-9-17;1-2-4-10(5-3-1)14-19-13-12(11-8-17-18-9-11)6-7-16-15(13)20-14;9-7-3-6-8-4-1-2-5-8;/h1-3,8-9,11,13-16,20H,4-7,10H2,(H,25,27,28);1-9H,(H,17,18)(H,16,19,20);3,6,8H,1-2,4-5H2;1H/b;;6-3+;. The van der Waals surface area contributed by atoms with E-state index in [1.54, 1.807) is 24.7 Å². The third-order valence-corrected chi connectivity index (χ3v) is 11.0. The van der Waals surface area contributed by atoms with Crippen LogP contribution in [0.4, 0.5) is 0 Å². The molecule has 0 spiro atoms. The van der Waals surface area contributed by atoms with Crippen molar-refractivity contribution in [3.63, 3.8) is 0 Å². The summed E-state index contributed by atoms with van der Waals surface area (Å²) in [5.41, 5.74) is 9.40. The van der Waals surface area contributed by atoms with Gasteiger partial charge in [0.05, 0.1) is 48.0 Å². The van der Waals surface area contributed by atoms with E-state index < -0.39 is 0 Å². The summed E-state index contributed by atoms with van der Waals surface area (Å²) in [5, 5.41) is 29.0. The number of aromatic nitrogens is 10. The summed E-state index contributed by atoms with van der Waals surface area (Å²) in [7, 11) is 0. The average molecular weight is 801 g/mol. The minimum absolute atomic E-state index is 0. The van der Waals surface area contributed by atoms with Crippen LogP contribution in [-0.2, 0) is 0 Å². The van der Waals surface area contributed by atoms with Crippen LogP contribution in [0, 0.1) is 34.5 Å². The number of allylic oxidation sites excluding steroid dienone is 2. The zero-order chi connectivity index (χ0) is 39.5. The average Bonchev–Trinajstić information content (AvgIpc) is 4.13. The summed E-state index contributed by atoms with van der Waals surface area (Å²) in [5.74, 6) is 2.88. The van der Waals surface area contributed by atoms with Crippen LogP contribution in [0.3, 0.4) is 0 Å². The van der Waals surface area contributed by atoms with Crippen LogP contribution in [0.25, 0.3) is 67.4 Å². The second-order valence-electron chi connectivity index (χ2n) is 14.7. The van der Waals surface area contributed by atoms with Crippen LogP contribution in [0.2, 0.25) is 0 Å². The monoisotopic (exact) mass is 800 g/mol. The molecule has 59 heavy (non-hydrogen) atoms. The number of imidazole rings is 2. The van der Waals surface area contributed by atoms with E-state index in [1.165, 1.54) is 51.4 Å². The van der Waals surface area contributed by atoms with Crippen molar-refractivity contribution in [2.75, 3.05) is 0 Å². The number of halogens is 1. The molecule has 2 aromatic carbocycles. The number of nitrogens with one attached hydrogen (secondary N) is 3. The zero-order valence-electron chi connectivity index (χ0n) is 32.6. The summed E-state index contributed by atoms with van der Waals surface area (Å²) in [4.78, 5) is 24.8. The lowest BCUT2D eigenvalue weighted by atomic mass is 9.96. The largest absolute Gasteiger partial charge is 0.336 e. The molecular formula is C46H45ClN12. The topological polar surface area (TPSA) is 177 Å². The minimum Gasteiger partial charge on any atom is -0.336 e. The van der Waals surface area contributed by atoms with Gasteiger partial charge < -0.3 is 9.97 Å². The quantitative estimate of drug-likeness (QED) is 0.127. The molecule has 0 radical (unpaired) electrons. The van der Waals surface area contributed by atoms with Crippen molar-refractivity contribution >= 4 is 34.7 Å². The molecule has 0 aliphatic heterocycles. The van der Waals surface area contributed by atoms with E-state index in [9.17, 15) is 5.26 Å². The number of nitriles is 2. The Hall–Kier alpha value is -6.89. The van der Waals surface area contributed by atoms with Crippen molar-refractivity contribution in [1.82, 2.24) is 49.9 Å². The van der Waals surface area contributed by atoms with Gasteiger partial charge in [0.1, 0.15) is 11.6 Å².